The lowest BCUT2D eigenvalue weighted by atomic mass is 10.1. The summed E-state index contributed by atoms with van der Waals surface area (Å²) >= 11 is 15.9. The van der Waals surface area contributed by atoms with Crippen LogP contribution in [0.4, 0.5) is 0 Å². The predicted molar refractivity (Wildman–Crippen MR) is 119 cm³/mol. The summed E-state index contributed by atoms with van der Waals surface area (Å²) in [6, 6.07) is 9.21. The standard InChI is InChI=1S/C21H26BrCl2NO3/c1-14(2)27-10-4-9-25-12-17-18(22)7-8-20(26-3)21(17)28-13-15-5-6-16(23)11-19(15)24/h5-8,11,14,25H,4,9-10,12-13H2,1-3H3. The molecule has 154 valence electrons. The second kappa shape index (κ2) is 11.9. The van der Waals surface area contributed by atoms with Crippen LogP contribution in [0.3, 0.4) is 0 Å². The Kier molecular flexibility index (Phi) is 9.89. The van der Waals surface area contributed by atoms with Crippen molar-refractivity contribution in [1.82, 2.24) is 5.32 Å². The van der Waals surface area contributed by atoms with Gasteiger partial charge >= 0.3 is 0 Å². The molecular formula is C21H26BrCl2NO3. The minimum absolute atomic E-state index is 0.257. The molecule has 2 rings (SSSR count). The van der Waals surface area contributed by atoms with Gasteiger partial charge in [-0.1, -0.05) is 45.2 Å². The highest BCUT2D eigenvalue weighted by Crippen LogP contribution is 2.37. The van der Waals surface area contributed by atoms with Gasteiger partial charge in [0.05, 0.1) is 13.2 Å². The van der Waals surface area contributed by atoms with Crippen molar-refractivity contribution in [1.29, 1.82) is 0 Å². The van der Waals surface area contributed by atoms with Crippen molar-refractivity contribution in [2.24, 2.45) is 0 Å². The van der Waals surface area contributed by atoms with Crippen LogP contribution in [0.25, 0.3) is 0 Å². The van der Waals surface area contributed by atoms with Gasteiger partial charge in [0.25, 0.3) is 0 Å². The first-order valence-electron chi connectivity index (χ1n) is 9.16. The van der Waals surface area contributed by atoms with Crippen LogP contribution in [-0.2, 0) is 17.9 Å². The van der Waals surface area contributed by atoms with Gasteiger partial charge in [-0.25, -0.2) is 0 Å². The molecule has 0 fully saturated rings. The smallest absolute Gasteiger partial charge is 0.167 e. The lowest BCUT2D eigenvalue weighted by Crippen LogP contribution is -2.18. The van der Waals surface area contributed by atoms with Crippen molar-refractivity contribution in [2.75, 3.05) is 20.3 Å². The third-order valence-electron chi connectivity index (χ3n) is 4.03. The van der Waals surface area contributed by atoms with Crippen molar-refractivity contribution in [2.45, 2.75) is 39.5 Å². The number of halogens is 3. The van der Waals surface area contributed by atoms with Crippen LogP contribution in [0, 0.1) is 0 Å². The molecule has 2 aromatic carbocycles. The van der Waals surface area contributed by atoms with E-state index in [1.807, 2.05) is 32.0 Å². The molecule has 28 heavy (non-hydrogen) atoms. The van der Waals surface area contributed by atoms with Crippen LogP contribution in [0.1, 0.15) is 31.4 Å². The van der Waals surface area contributed by atoms with E-state index in [9.17, 15) is 0 Å². The van der Waals surface area contributed by atoms with Crippen molar-refractivity contribution in [3.8, 4) is 11.5 Å². The number of hydrogen-bond acceptors (Lipinski definition) is 4. The van der Waals surface area contributed by atoms with Gasteiger partial charge in [0.1, 0.15) is 6.61 Å². The lowest BCUT2D eigenvalue weighted by Gasteiger charge is -2.18. The van der Waals surface area contributed by atoms with Gasteiger partial charge < -0.3 is 19.5 Å². The summed E-state index contributed by atoms with van der Waals surface area (Å²) in [5.41, 5.74) is 1.85. The van der Waals surface area contributed by atoms with Gasteiger partial charge in [-0.15, -0.1) is 0 Å². The fraction of sp³-hybridized carbons (Fsp3) is 0.429. The molecule has 0 heterocycles. The van der Waals surface area contributed by atoms with Crippen LogP contribution < -0.4 is 14.8 Å². The summed E-state index contributed by atoms with van der Waals surface area (Å²) in [6.07, 6.45) is 1.20. The Balaban J connectivity index is 2.05. The quantitative estimate of drug-likeness (QED) is 0.378. The summed E-state index contributed by atoms with van der Waals surface area (Å²) in [7, 11) is 1.63. The maximum absolute atomic E-state index is 6.27. The third-order valence-corrected chi connectivity index (χ3v) is 5.35. The maximum atomic E-state index is 6.27. The fourth-order valence-electron chi connectivity index (χ4n) is 2.58. The minimum Gasteiger partial charge on any atom is -0.493 e. The number of methoxy groups -OCH3 is 1. The van der Waals surface area contributed by atoms with E-state index >= 15 is 0 Å². The first-order valence-corrected chi connectivity index (χ1v) is 10.7. The maximum Gasteiger partial charge on any atom is 0.167 e. The molecule has 0 amide bonds. The van der Waals surface area contributed by atoms with E-state index in [1.165, 1.54) is 0 Å². The molecule has 0 aromatic heterocycles. The molecule has 0 saturated heterocycles. The number of nitrogens with one attached hydrogen (secondary N) is 1. The highest BCUT2D eigenvalue weighted by molar-refractivity contribution is 9.10. The van der Waals surface area contributed by atoms with Crippen molar-refractivity contribution in [3.05, 3.63) is 56.0 Å². The molecular weight excluding hydrogens is 465 g/mol. The van der Waals surface area contributed by atoms with Crippen LogP contribution in [0.15, 0.2) is 34.8 Å². The molecule has 0 bridgehead atoms. The van der Waals surface area contributed by atoms with Gasteiger partial charge in [-0.3, -0.25) is 0 Å². The van der Waals surface area contributed by atoms with E-state index in [0.29, 0.717) is 34.7 Å². The number of ether oxygens (including phenoxy) is 3. The van der Waals surface area contributed by atoms with Crippen molar-refractivity contribution in [3.63, 3.8) is 0 Å². The molecule has 4 nitrogen and oxygen atoms in total. The zero-order valence-electron chi connectivity index (χ0n) is 16.4. The topological polar surface area (TPSA) is 39.7 Å². The van der Waals surface area contributed by atoms with E-state index in [0.717, 1.165) is 35.2 Å². The van der Waals surface area contributed by atoms with E-state index in [1.54, 1.807) is 19.2 Å². The molecule has 2 aromatic rings. The predicted octanol–water partition coefficient (Wildman–Crippen LogP) is 6.25. The zero-order valence-corrected chi connectivity index (χ0v) is 19.5. The van der Waals surface area contributed by atoms with Gasteiger partial charge in [0.2, 0.25) is 0 Å². The average molecular weight is 491 g/mol. The molecule has 7 heteroatoms. The van der Waals surface area contributed by atoms with Crippen LogP contribution >= 0.6 is 39.1 Å². The number of benzene rings is 2. The molecule has 0 radical (unpaired) electrons. The first kappa shape index (κ1) is 23.3. The van der Waals surface area contributed by atoms with E-state index in [4.69, 9.17) is 37.4 Å². The molecule has 0 aliphatic heterocycles. The Morgan fingerprint density at radius 3 is 2.61 bits per heavy atom. The Bertz CT molecular complexity index is 772. The summed E-state index contributed by atoms with van der Waals surface area (Å²) in [4.78, 5) is 0. The normalized spacial score (nSPS) is 11.1. The molecule has 0 saturated carbocycles. The Morgan fingerprint density at radius 2 is 1.93 bits per heavy atom. The zero-order chi connectivity index (χ0) is 20.5. The second-order valence-corrected chi connectivity index (χ2v) is 8.23. The van der Waals surface area contributed by atoms with E-state index in [-0.39, 0.29) is 6.10 Å². The summed E-state index contributed by atoms with van der Waals surface area (Å²) in [5.74, 6) is 1.36. The molecule has 0 atom stereocenters. The van der Waals surface area contributed by atoms with Gasteiger partial charge in [-0.2, -0.15) is 0 Å². The van der Waals surface area contributed by atoms with E-state index in [2.05, 4.69) is 21.2 Å². The summed E-state index contributed by atoms with van der Waals surface area (Å²) in [5, 5.41) is 4.61. The highest BCUT2D eigenvalue weighted by Gasteiger charge is 2.15. The average Bonchev–Trinajstić information content (AvgIpc) is 2.65. The van der Waals surface area contributed by atoms with Gasteiger partial charge in [0, 0.05) is 38.8 Å². The van der Waals surface area contributed by atoms with Crippen molar-refractivity contribution >= 4 is 39.1 Å². The Hall–Kier alpha value is -0.980. The highest BCUT2D eigenvalue weighted by atomic mass is 79.9. The first-order chi connectivity index (χ1) is 13.4. The van der Waals surface area contributed by atoms with Gasteiger partial charge in [-0.05, 0) is 51.1 Å². The minimum atomic E-state index is 0.257. The van der Waals surface area contributed by atoms with E-state index < -0.39 is 0 Å². The molecule has 0 spiro atoms. The SMILES string of the molecule is COc1ccc(Br)c(CNCCCOC(C)C)c1OCc1ccc(Cl)cc1Cl. The lowest BCUT2D eigenvalue weighted by molar-refractivity contribution is 0.0770. The second-order valence-electron chi connectivity index (χ2n) is 6.53. The van der Waals surface area contributed by atoms with Crippen LogP contribution in [-0.4, -0.2) is 26.4 Å². The monoisotopic (exact) mass is 489 g/mol. The summed E-state index contributed by atoms with van der Waals surface area (Å²) in [6.45, 7) is 6.62. The van der Waals surface area contributed by atoms with Crippen LogP contribution in [0.5, 0.6) is 11.5 Å². The molecule has 0 aliphatic rings. The van der Waals surface area contributed by atoms with Gasteiger partial charge in [0.15, 0.2) is 11.5 Å². The molecule has 0 aliphatic carbocycles. The largest absolute Gasteiger partial charge is 0.493 e. The molecule has 0 unspecified atom stereocenters. The third kappa shape index (κ3) is 7.12. The Morgan fingerprint density at radius 1 is 1.14 bits per heavy atom. The fourth-order valence-corrected chi connectivity index (χ4v) is 3.50. The number of hydrogen-bond donors (Lipinski definition) is 1. The Labute approximate surface area is 185 Å². The summed E-state index contributed by atoms with van der Waals surface area (Å²) < 4.78 is 18.1. The number of rotatable bonds is 11. The molecule has 1 N–H and O–H groups in total. The van der Waals surface area contributed by atoms with Crippen molar-refractivity contribution < 1.29 is 14.2 Å². The van der Waals surface area contributed by atoms with Crippen LogP contribution in [0.2, 0.25) is 10.0 Å².